The summed E-state index contributed by atoms with van der Waals surface area (Å²) >= 11 is 0. The van der Waals surface area contributed by atoms with Gasteiger partial charge in [0.05, 0.1) is 6.92 Å². The van der Waals surface area contributed by atoms with Crippen LogP contribution in [0.15, 0.2) is 42.5 Å². The third-order valence-corrected chi connectivity index (χ3v) is 4.12. The second-order valence-electron chi connectivity index (χ2n) is 5.88. The molecule has 2 nitrogen and oxygen atoms in total. The Kier molecular flexibility index (Phi) is 2.66. The Hall–Kier alpha value is -1.45. The van der Waals surface area contributed by atoms with E-state index in [1.807, 2.05) is 39.0 Å². The van der Waals surface area contributed by atoms with Crippen molar-refractivity contribution in [2.45, 2.75) is 32.0 Å². The largest absolute Gasteiger partial charge is 0.498 e. The summed E-state index contributed by atoms with van der Waals surface area (Å²) in [7, 11) is -0.358. The Morgan fingerprint density at radius 1 is 0.947 bits per heavy atom. The van der Waals surface area contributed by atoms with Crippen LogP contribution in [0.1, 0.15) is 20.8 Å². The second-order valence-corrected chi connectivity index (χ2v) is 5.88. The molecule has 0 saturated carbocycles. The van der Waals surface area contributed by atoms with E-state index in [9.17, 15) is 0 Å². The zero-order chi connectivity index (χ0) is 13.7. The number of hydrogen-bond donors (Lipinski definition) is 0. The molecule has 0 aliphatic carbocycles. The molecule has 1 aliphatic rings. The zero-order valence-electron chi connectivity index (χ0n) is 11.6. The van der Waals surface area contributed by atoms with E-state index in [4.69, 9.17) is 9.31 Å². The summed E-state index contributed by atoms with van der Waals surface area (Å²) in [6.07, 6.45) is 0. The molecule has 1 heterocycles. The Morgan fingerprint density at radius 2 is 1.63 bits per heavy atom. The maximum absolute atomic E-state index is 6.07. The van der Waals surface area contributed by atoms with Crippen molar-refractivity contribution in [1.82, 2.24) is 0 Å². The Balaban J connectivity index is 2.08. The van der Waals surface area contributed by atoms with Gasteiger partial charge >= 0.3 is 7.12 Å². The molecule has 0 aromatic heterocycles. The van der Waals surface area contributed by atoms with E-state index in [1.54, 1.807) is 0 Å². The molecule has 1 saturated heterocycles. The van der Waals surface area contributed by atoms with Gasteiger partial charge in [-0.05, 0) is 30.1 Å². The molecule has 3 rings (SSSR count). The van der Waals surface area contributed by atoms with Crippen LogP contribution in [0.4, 0.5) is 0 Å². The molecule has 0 N–H and O–H groups in total. The van der Waals surface area contributed by atoms with E-state index >= 15 is 0 Å². The van der Waals surface area contributed by atoms with Crippen LogP contribution < -0.4 is 5.46 Å². The van der Waals surface area contributed by atoms with Gasteiger partial charge in [-0.15, -0.1) is 0 Å². The fourth-order valence-electron chi connectivity index (χ4n) is 2.38. The monoisotopic (exact) mass is 253 g/mol. The molecule has 1 unspecified atom stereocenters. The van der Waals surface area contributed by atoms with Gasteiger partial charge in [0.25, 0.3) is 0 Å². The van der Waals surface area contributed by atoms with Crippen molar-refractivity contribution in [3.63, 3.8) is 0 Å². The summed E-state index contributed by atoms with van der Waals surface area (Å²) in [5.41, 5.74) is 0.113. The van der Waals surface area contributed by atoms with Gasteiger partial charge in [0.2, 0.25) is 5.60 Å². The van der Waals surface area contributed by atoms with Gasteiger partial charge in [-0.2, -0.15) is 0 Å². The third kappa shape index (κ3) is 1.94. The van der Waals surface area contributed by atoms with Crippen LogP contribution in [0.25, 0.3) is 10.8 Å². The third-order valence-electron chi connectivity index (χ3n) is 4.12. The van der Waals surface area contributed by atoms with E-state index in [2.05, 4.69) is 31.2 Å². The summed E-state index contributed by atoms with van der Waals surface area (Å²) in [4.78, 5) is 0. The number of fused-ring (bicyclic) bond motifs is 1. The van der Waals surface area contributed by atoms with Crippen molar-refractivity contribution in [3.05, 3.63) is 49.4 Å². The van der Waals surface area contributed by atoms with E-state index in [1.165, 1.54) is 10.8 Å². The highest BCUT2D eigenvalue weighted by Crippen LogP contribution is 2.36. The average molecular weight is 253 g/mol. The minimum absolute atomic E-state index is 0.358. The van der Waals surface area contributed by atoms with Crippen LogP contribution >= 0.6 is 0 Å². The van der Waals surface area contributed by atoms with Gasteiger partial charge in [0.1, 0.15) is 5.60 Å². The molecule has 2 aromatic carbocycles. The maximum Gasteiger partial charge on any atom is 0.498 e. The smallest absolute Gasteiger partial charge is 0.395 e. The SMILES string of the molecule is [CH2+]C1(C)OB(c2cccc3ccccc23)OC1(C)C. The summed E-state index contributed by atoms with van der Waals surface area (Å²) < 4.78 is 12.1. The second kappa shape index (κ2) is 4.02. The number of rotatable bonds is 1. The van der Waals surface area contributed by atoms with E-state index < -0.39 is 11.2 Å². The maximum atomic E-state index is 6.07. The minimum Gasteiger partial charge on any atom is -0.395 e. The first-order valence-corrected chi connectivity index (χ1v) is 6.59. The van der Waals surface area contributed by atoms with Crippen LogP contribution in [-0.4, -0.2) is 18.3 Å². The van der Waals surface area contributed by atoms with Crippen LogP contribution in [0, 0.1) is 6.92 Å². The highest BCUT2D eigenvalue weighted by molar-refractivity contribution is 6.65. The van der Waals surface area contributed by atoms with Crippen molar-refractivity contribution in [2.24, 2.45) is 0 Å². The molecular formula is C16H18BO2+. The molecule has 19 heavy (non-hydrogen) atoms. The van der Waals surface area contributed by atoms with Crippen molar-refractivity contribution in [2.75, 3.05) is 0 Å². The molecule has 0 spiro atoms. The van der Waals surface area contributed by atoms with Gasteiger partial charge in [0, 0.05) is 6.92 Å². The highest BCUT2D eigenvalue weighted by Gasteiger charge is 2.57. The average Bonchev–Trinajstić information content (AvgIpc) is 2.58. The molecule has 1 aliphatic heterocycles. The molecule has 96 valence electrons. The van der Waals surface area contributed by atoms with Crippen LogP contribution in [0.3, 0.4) is 0 Å². The predicted molar refractivity (Wildman–Crippen MR) is 79.3 cm³/mol. The van der Waals surface area contributed by atoms with Crippen LogP contribution in [0.5, 0.6) is 0 Å². The van der Waals surface area contributed by atoms with Gasteiger partial charge in [0.15, 0.2) is 0 Å². The molecule has 1 fully saturated rings. The lowest BCUT2D eigenvalue weighted by molar-refractivity contribution is 0.0262. The fourth-order valence-corrected chi connectivity index (χ4v) is 2.38. The van der Waals surface area contributed by atoms with Gasteiger partial charge < -0.3 is 9.31 Å². The van der Waals surface area contributed by atoms with E-state index in [0.29, 0.717) is 0 Å². The zero-order valence-corrected chi connectivity index (χ0v) is 11.6. The van der Waals surface area contributed by atoms with Gasteiger partial charge in [-0.25, -0.2) is 0 Å². The number of benzene rings is 2. The predicted octanol–water partition coefficient (Wildman–Crippen LogP) is 2.95. The summed E-state index contributed by atoms with van der Waals surface area (Å²) in [6, 6.07) is 14.5. The van der Waals surface area contributed by atoms with Gasteiger partial charge in [-0.3, -0.25) is 0 Å². The van der Waals surface area contributed by atoms with Crippen molar-refractivity contribution < 1.29 is 9.31 Å². The highest BCUT2D eigenvalue weighted by atomic mass is 16.7. The lowest BCUT2D eigenvalue weighted by Gasteiger charge is -2.25. The van der Waals surface area contributed by atoms with Crippen LogP contribution in [0.2, 0.25) is 0 Å². The fraction of sp³-hybridized carbons (Fsp3) is 0.312. The van der Waals surface area contributed by atoms with Crippen molar-refractivity contribution >= 4 is 23.4 Å². The lowest BCUT2D eigenvalue weighted by Crippen LogP contribution is -2.42. The Labute approximate surface area is 114 Å². The molecule has 3 heteroatoms. The molecule has 0 radical (unpaired) electrons. The van der Waals surface area contributed by atoms with Crippen molar-refractivity contribution in [3.8, 4) is 0 Å². The molecule has 2 aromatic rings. The normalized spacial score (nSPS) is 25.9. The summed E-state index contributed by atoms with van der Waals surface area (Å²) in [6.45, 7) is 10.1. The minimum atomic E-state index is -0.547. The molecule has 1 atom stereocenters. The Bertz CT molecular complexity index is 598. The Morgan fingerprint density at radius 3 is 2.32 bits per heavy atom. The lowest BCUT2D eigenvalue weighted by atomic mass is 9.76. The van der Waals surface area contributed by atoms with Gasteiger partial charge in [-0.1, -0.05) is 42.5 Å². The topological polar surface area (TPSA) is 18.5 Å². The summed E-state index contributed by atoms with van der Waals surface area (Å²) in [5, 5.41) is 2.37. The molecule has 0 amide bonds. The first-order chi connectivity index (χ1) is 8.91. The van der Waals surface area contributed by atoms with E-state index in [-0.39, 0.29) is 7.12 Å². The standard InChI is InChI=1S/C16H18BO2/c1-15(2)16(3,4)19-17(18-15)14-11-7-9-12-8-5-6-10-13(12)14/h5-11H,1H2,2-4H3/q+1. The first-order valence-electron chi connectivity index (χ1n) is 6.59. The van der Waals surface area contributed by atoms with E-state index in [0.717, 1.165) is 5.46 Å². The molecular weight excluding hydrogens is 235 g/mol. The summed E-state index contributed by atoms with van der Waals surface area (Å²) in [5.74, 6) is 0. The van der Waals surface area contributed by atoms with Crippen LogP contribution in [-0.2, 0) is 9.31 Å². The van der Waals surface area contributed by atoms with Crippen molar-refractivity contribution in [1.29, 1.82) is 0 Å². The number of hydrogen-bond acceptors (Lipinski definition) is 2. The molecule has 0 bridgehead atoms. The quantitative estimate of drug-likeness (QED) is 0.574. The first kappa shape index (κ1) is 12.6.